The van der Waals surface area contributed by atoms with Crippen LogP contribution in [0.3, 0.4) is 0 Å². The molecule has 1 aromatic carbocycles. The Morgan fingerprint density at radius 1 is 1.32 bits per heavy atom. The molecule has 0 spiro atoms. The van der Waals surface area contributed by atoms with Gasteiger partial charge in [0.05, 0.1) is 11.7 Å². The standard InChI is InChI=1S/C17H20N4O/c22-11-12-2-1-3-15(8-12)21-7-6-18-17(21)13-4-5-14-10-19-20-16(14)9-13/h4-7,9-10,12,15,22H,1-3,8,11H2,(H,19,20)/t12-,15-/m1/s1. The Balaban J connectivity index is 1.69. The van der Waals surface area contributed by atoms with Gasteiger partial charge in [0.25, 0.3) is 0 Å². The van der Waals surface area contributed by atoms with Crippen molar-refractivity contribution in [1.82, 2.24) is 19.7 Å². The molecule has 22 heavy (non-hydrogen) atoms. The lowest BCUT2D eigenvalue weighted by Crippen LogP contribution is -2.21. The predicted octanol–water partition coefficient (Wildman–Crippen LogP) is 3.15. The van der Waals surface area contributed by atoms with Crippen molar-refractivity contribution in [3.63, 3.8) is 0 Å². The van der Waals surface area contributed by atoms with Crippen molar-refractivity contribution in [2.24, 2.45) is 5.92 Å². The molecular weight excluding hydrogens is 276 g/mol. The smallest absolute Gasteiger partial charge is 0.140 e. The summed E-state index contributed by atoms with van der Waals surface area (Å²) in [4.78, 5) is 4.57. The third kappa shape index (κ3) is 2.31. The SMILES string of the molecule is OC[C@@H]1CCC[C@@H](n2ccnc2-c2ccc3cn[nH]c3c2)C1. The van der Waals surface area contributed by atoms with Crippen LogP contribution in [0.1, 0.15) is 31.7 Å². The molecule has 1 aliphatic rings. The number of aromatic amines is 1. The number of benzene rings is 1. The second-order valence-corrected chi connectivity index (χ2v) is 6.20. The summed E-state index contributed by atoms with van der Waals surface area (Å²) in [5, 5.41) is 17.7. The molecule has 0 amide bonds. The first-order valence-electron chi connectivity index (χ1n) is 7.92. The number of hydrogen-bond donors (Lipinski definition) is 2. The molecule has 2 N–H and O–H groups in total. The topological polar surface area (TPSA) is 66.7 Å². The van der Waals surface area contributed by atoms with Crippen molar-refractivity contribution in [3.05, 3.63) is 36.8 Å². The fourth-order valence-corrected chi connectivity index (χ4v) is 3.59. The van der Waals surface area contributed by atoms with Gasteiger partial charge in [-0.15, -0.1) is 0 Å². The van der Waals surface area contributed by atoms with E-state index < -0.39 is 0 Å². The Hall–Kier alpha value is -2.14. The molecule has 0 saturated heterocycles. The first-order valence-corrected chi connectivity index (χ1v) is 7.92. The largest absolute Gasteiger partial charge is 0.396 e. The van der Waals surface area contributed by atoms with E-state index in [1.54, 1.807) is 0 Å². The molecule has 5 heteroatoms. The van der Waals surface area contributed by atoms with Gasteiger partial charge in [0, 0.05) is 36.0 Å². The Bertz CT molecular complexity index is 776. The highest BCUT2D eigenvalue weighted by Gasteiger charge is 2.24. The molecule has 2 atom stereocenters. The Kier molecular flexibility index (Phi) is 3.42. The molecule has 5 nitrogen and oxygen atoms in total. The van der Waals surface area contributed by atoms with E-state index in [0.29, 0.717) is 18.6 Å². The van der Waals surface area contributed by atoms with E-state index in [2.05, 4.69) is 44.1 Å². The number of nitrogens with zero attached hydrogens (tertiary/aromatic N) is 3. The van der Waals surface area contributed by atoms with Crippen LogP contribution < -0.4 is 0 Å². The number of fused-ring (bicyclic) bond motifs is 1. The van der Waals surface area contributed by atoms with E-state index in [-0.39, 0.29) is 0 Å². The molecule has 2 aromatic heterocycles. The molecular formula is C17H20N4O. The van der Waals surface area contributed by atoms with Crippen LogP contribution in [0.15, 0.2) is 36.8 Å². The first-order chi connectivity index (χ1) is 10.8. The summed E-state index contributed by atoms with van der Waals surface area (Å²) < 4.78 is 2.28. The third-order valence-corrected chi connectivity index (χ3v) is 4.78. The quantitative estimate of drug-likeness (QED) is 0.780. The molecule has 1 saturated carbocycles. The van der Waals surface area contributed by atoms with Gasteiger partial charge in [-0.2, -0.15) is 5.10 Å². The maximum Gasteiger partial charge on any atom is 0.140 e. The van der Waals surface area contributed by atoms with Gasteiger partial charge < -0.3 is 9.67 Å². The van der Waals surface area contributed by atoms with Gasteiger partial charge in [-0.25, -0.2) is 4.98 Å². The summed E-state index contributed by atoms with van der Waals surface area (Å²) in [6, 6.07) is 6.71. The number of aromatic nitrogens is 4. The number of nitrogens with one attached hydrogen (secondary N) is 1. The molecule has 3 aromatic rings. The molecule has 2 heterocycles. The fraction of sp³-hybridized carbons (Fsp3) is 0.412. The lowest BCUT2D eigenvalue weighted by molar-refractivity contribution is 0.163. The zero-order valence-electron chi connectivity index (χ0n) is 12.4. The van der Waals surface area contributed by atoms with E-state index in [1.807, 2.05) is 12.4 Å². The Labute approximate surface area is 129 Å². The molecule has 4 rings (SSSR count). The van der Waals surface area contributed by atoms with E-state index in [1.165, 1.54) is 6.42 Å². The van der Waals surface area contributed by atoms with E-state index in [0.717, 1.165) is 41.6 Å². The summed E-state index contributed by atoms with van der Waals surface area (Å²) in [6.07, 6.45) is 10.3. The van der Waals surface area contributed by atoms with Gasteiger partial charge in [-0.05, 0) is 31.2 Å². The third-order valence-electron chi connectivity index (χ3n) is 4.78. The van der Waals surface area contributed by atoms with Crippen molar-refractivity contribution in [1.29, 1.82) is 0 Å². The van der Waals surface area contributed by atoms with Crippen LogP contribution in [0.4, 0.5) is 0 Å². The van der Waals surface area contributed by atoms with Crippen LogP contribution in [0.25, 0.3) is 22.3 Å². The normalized spacial score (nSPS) is 22.2. The van der Waals surface area contributed by atoms with Gasteiger partial charge in [0.15, 0.2) is 0 Å². The minimum Gasteiger partial charge on any atom is -0.396 e. The predicted molar refractivity (Wildman–Crippen MR) is 85.4 cm³/mol. The lowest BCUT2D eigenvalue weighted by Gasteiger charge is -2.30. The molecule has 1 fully saturated rings. The Morgan fingerprint density at radius 3 is 3.18 bits per heavy atom. The number of rotatable bonds is 3. The van der Waals surface area contributed by atoms with Crippen LogP contribution in [0, 0.1) is 5.92 Å². The minimum atomic E-state index is 0.292. The number of imidazole rings is 1. The summed E-state index contributed by atoms with van der Waals surface area (Å²) in [5.74, 6) is 1.42. The van der Waals surface area contributed by atoms with Crippen molar-refractivity contribution >= 4 is 10.9 Å². The average Bonchev–Trinajstić information content (AvgIpc) is 3.23. The highest BCUT2D eigenvalue weighted by Crippen LogP contribution is 2.35. The zero-order chi connectivity index (χ0) is 14.9. The van der Waals surface area contributed by atoms with Crippen molar-refractivity contribution < 1.29 is 5.11 Å². The first kappa shape index (κ1) is 13.5. The van der Waals surface area contributed by atoms with Crippen LogP contribution in [-0.4, -0.2) is 31.5 Å². The second-order valence-electron chi connectivity index (χ2n) is 6.20. The van der Waals surface area contributed by atoms with Crippen LogP contribution in [0.5, 0.6) is 0 Å². The van der Waals surface area contributed by atoms with Gasteiger partial charge >= 0.3 is 0 Å². The van der Waals surface area contributed by atoms with Crippen molar-refractivity contribution in [2.75, 3.05) is 6.61 Å². The number of aliphatic hydroxyl groups excluding tert-OH is 1. The van der Waals surface area contributed by atoms with Gasteiger partial charge in [0.2, 0.25) is 0 Å². The molecule has 0 aliphatic heterocycles. The van der Waals surface area contributed by atoms with Crippen LogP contribution >= 0.6 is 0 Å². The van der Waals surface area contributed by atoms with Crippen LogP contribution in [-0.2, 0) is 0 Å². The molecule has 0 bridgehead atoms. The number of aliphatic hydroxyl groups is 1. The second kappa shape index (κ2) is 5.57. The lowest BCUT2D eigenvalue weighted by atomic mass is 9.86. The summed E-state index contributed by atoms with van der Waals surface area (Å²) in [7, 11) is 0. The highest BCUT2D eigenvalue weighted by atomic mass is 16.3. The van der Waals surface area contributed by atoms with Crippen molar-refractivity contribution in [3.8, 4) is 11.4 Å². The van der Waals surface area contributed by atoms with E-state index in [9.17, 15) is 5.11 Å². The maximum absolute atomic E-state index is 9.45. The number of H-pyrrole nitrogens is 1. The van der Waals surface area contributed by atoms with E-state index in [4.69, 9.17) is 0 Å². The van der Waals surface area contributed by atoms with E-state index >= 15 is 0 Å². The average molecular weight is 296 g/mol. The van der Waals surface area contributed by atoms with Gasteiger partial charge in [-0.3, -0.25) is 5.10 Å². The maximum atomic E-state index is 9.45. The minimum absolute atomic E-state index is 0.292. The van der Waals surface area contributed by atoms with Crippen LogP contribution in [0.2, 0.25) is 0 Å². The fourth-order valence-electron chi connectivity index (χ4n) is 3.59. The monoisotopic (exact) mass is 296 g/mol. The molecule has 0 unspecified atom stereocenters. The zero-order valence-corrected chi connectivity index (χ0v) is 12.4. The van der Waals surface area contributed by atoms with Crippen molar-refractivity contribution in [2.45, 2.75) is 31.7 Å². The van der Waals surface area contributed by atoms with Gasteiger partial charge in [0.1, 0.15) is 5.82 Å². The summed E-state index contributed by atoms with van der Waals surface area (Å²) in [5.41, 5.74) is 2.14. The molecule has 0 radical (unpaired) electrons. The highest BCUT2D eigenvalue weighted by molar-refractivity contribution is 5.82. The van der Waals surface area contributed by atoms with Gasteiger partial charge in [-0.1, -0.05) is 18.6 Å². The number of hydrogen-bond acceptors (Lipinski definition) is 3. The summed E-state index contributed by atoms with van der Waals surface area (Å²) in [6.45, 7) is 0.292. The summed E-state index contributed by atoms with van der Waals surface area (Å²) >= 11 is 0. The molecule has 1 aliphatic carbocycles. The Morgan fingerprint density at radius 2 is 2.27 bits per heavy atom. The molecule has 114 valence electrons.